The smallest absolute Gasteiger partial charge is 0.264 e. The first-order chi connectivity index (χ1) is 11.1. The molecule has 0 radical (unpaired) electrons. The lowest BCUT2D eigenvalue weighted by atomic mass is 10.1. The number of nitrogens with zero attached hydrogens (tertiary/aromatic N) is 1. The molecule has 1 aromatic carbocycles. The van der Waals surface area contributed by atoms with Crippen molar-refractivity contribution in [2.75, 3.05) is 6.54 Å². The van der Waals surface area contributed by atoms with Gasteiger partial charge in [-0.3, -0.25) is 9.59 Å². The highest BCUT2D eigenvalue weighted by atomic mass is 32.1. The van der Waals surface area contributed by atoms with E-state index in [4.69, 9.17) is 0 Å². The highest BCUT2D eigenvalue weighted by Gasteiger charge is 2.17. The summed E-state index contributed by atoms with van der Waals surface area (Å²) in [4.78, 5) is 30.1. The molecular weight excluding hydrogens is 308 g/mol. The van der Waals surface area contributed by atoms with Crippen LogP contribution in [0.2, 0.25) is 0 Å². The minimum Gasteiger partial charge on any atom is -0.334 e. The number of hydrogen-bond donors (Lipinski definition) is 1. The van der Waals surface area contributed by atoms with Crippen LogP contribution in [0.4, 0.5) is 0 Å². The summed E-state index contributed by atoms with van der Waals surface area (Å²) in [5.41, 5.74) is 2.39. The number of benzene rings is 1. The number of carbonyl (C=O) groups is 1. The molecule has 0 atom stereocenters. The van der Waals surface area contributed by atoms with E-state index >= 15 is 0 Å². The number of thiophene rings is 1. The Morgan fingerprint density at radius 2 is 2.09 bits per heavy atom. The van der Waals surface area contributed by atoms with Crippen LogP contribution in [-0.4, -0.2) is 22.3 Å². The van der Waals surface area contributed by atoms with Crippen molar-refractivity contribution in [3.63, 3.8) is 0 Å². The van der Waals surface area contributed by atoms with Gasteiger partial charge in [-0.25, -0.2) is 0 Å². The zero-order valence-corrected chi connectivity index (χ0v) is 13.9. The Hall–Kier alpha value is -2.40. The van der Waals surface area contributed by atoms with Crippen LogP contribution < -0.4 is 5.56 Å². The second-order valence-electron chi connectivity index (χ2n) is 5.51. The van der Waals surface area contributed by atoms with Crippen LogP contribution in [0, 0.1) is 6.92 Å². The van der Waals surface area contributed by atoms with Crippen LogP contribution in [0.1, 0.15) is 27.7 Å². The van der Waals surface area contributed by atoms with E-state index in [1.165, 1.54) is 11.3 Å². The van der Waals surface area contributed by atoms with Gasteiger partial charge in [-0.15, -0.1) is 11.3 Å². The van der Waals surface area contributed by atoms with Crippen LogP contribution in [0.25, 0.3) is 10.9 Å². The minimum absolute atomic E-state index is 0.0362. The molecule has 4 nitrogen and oxygen atoms in total. The van der Waals surface area contributed by atoms with Crippen molar-refractivity contribution in [1.82, 2.24) is 9.88 Å². The Morgan fingerprint density at radius 1 is 1.26 bits per heavy atom. The van der Waals surface area contributed by atoms with E-state index < -0.39 is 0 Å². The molecule has 0 bridgehead atoms. The normalized spacial score (nSPS) is 10.9. The maximum atomic E-state index is 12.5. The standard InChI is InChI=1S/C18H18N2O2S/c1-3-20(18(22)16-5-4-8-23-16)11-14-10-13-7-6-12(2)9-15(13)19-17(14)21/h4-10H,3,11H2,1-2H3,(H,19,21). The van der Waals surface area contributed by atoms with Crippen molar-refractivity contribution in [3.05, 3.63) is 68.1 Å². The van der Waals surface area contributed by atoms with Gasteiger partial charge in [0.05, 0.1) is 11.4 Å². The molecular formula is C18H18N2O2S. The Kier molecular flexibility index (Phi) is 4.30. The van der Waals surface area contributed by atoms with Gasteiger partial charge in [0.1, 0.15) is 0 Å². The molecule has 0 saturated carbocycles. The van der Waals surface area contributed by atoms with Crippen LogP contribution in [0.5, 0.6) is 0 Å². The summed E-state index contributed by atoms with van der Waals surface area (Å²) < 4.78 is 0. The van der Waals surface area contributed by atoms with Gasteiger partial charge in [0, 0.05) is 17.6 Å². The van der Waals surface area contributed by atoms with E-state index in [-0.39, 0.29) is 11.5 Å². The number of carbonyl (C=O) groups excluding carboxylic acids is 1. The Bertz CT molecular complexity index is 897. The zero-order valence-electron chi connectivity index (χ0n) is 13.1. The van der Waals surface area contributed by atoms with Gasteiger partial charge in [-0.05, 0) is 48.4 Å². The fraction of sp³-hybridized carbons (Fsp3) is 0.222. The summed E-state index contributed by atoms with van der Waals surface area (Å²) in [5.74, 6) is -0.0362. The molecule has 0 unspecified atom stereocenters. The number of H-pyrrole nitrogens is 1. The number of aromatic amines is 1. The Balaban J connectivity index is 1.93. The fourth-order valence-corrected chi connectivity index (χ4v) is 3.26. The second kappa shape index (κ2) is 6.38. The van der Waals surface area contributed by atoms with Crippen molar-refractivity contribution >= 4 is 28.1 Å². The molecule has 118 valence electrons. The summed E-state index contributed by atoms with van der Waals surface area (Å²) in [6, 6.07) is 11.5. The Morgan fingerprint density at radius 3 is 2.78 bits per heavy atom. The average molecular weight is 326 g/mol. The van der Waals surface area contributed by atoms with Gasteiger partial charge in [-0.1, -0.05) is 18.2 Å². The van der Waals surface area contributed by atoms with Crippen LogP contribution in [-0.2, 0) is 6.54 Å². The van der Waals surface area contributed by atoms with Crippen LogP contribution in [0.15, 0.2) is 46.6 Å². The van der Waals surface area contributed by atoms with Gasteiger partial charge < -0.3 is 9.88 Å². The predicted octanol–water partition coefficient (Wildman–Crippen LogP) is 3.56. The predicted molar refractivity (Wildman–Crippen MR) is 94.0 cm³/mol. The first-order valence-electron chi connectivity index (χ1n) is 7.54. The lowest BCUT2D eigenvalue weighted by Gasteiger charge is -2.20. The molecule has 2 heterocycles. The van der Waals surface area contributed by atoms with Crippen molar-refractivity contribution in [1.29, 1.82) is 0 Å². The van der Waals surface area contributed by atoms with Gasteiger partial charge >= 0.3 is 0 Å². The highest BCUT2D eigenvalue weighted by molar-refractivity contribution is 7.12. The molecule has 3 rings (SSSR count). The summed E-state index contributed by atoms with van der Waals surface area (Å²) in [7, 11) is 0. The SMILES string of the molecule is CCN(Cc1cc2ccc(C)cc2[nH]c1=O)C(=O)c1cccs1. The molecule has 23 heavy (non-hydrogen) atoms. The van der Waals surface area contributed by atoms with E-state index in [0.29, 0.717) is 23.5 Å². The molecule has 0 aliphatic heterocycles. The molecule has 0 saturated heterocycles. The summed E-state index contributed by atoms with van der Waals surface area (Å²) >= 11 is 1.42. The van der Waals surface area contributed by atoms with Gasteiger partial charge in [0.25, 0.3) is 11.5 Å². The van der Waals surface area contributed by atoms with Crippen molar-refractivity contribution in [2.24, 2.45) is 0 Å². The minimum atomic E-state index is -0.138. The number of fused-ring (bicyclic) bond motifs is 1. The van der Waals surface area contributed by atoms with Crippen LogP contribution in [0.3, 0.4) is 0 Å². The van der Waals surface area contributed by atoms with Crippen molar-refractivity contribution < 1.29 is 4.79 Å². The third-order valence-corrected chi connectivity index (χ3v) is 4.70. The maximum absolute atomic E-state index is 12.5. The fourth-order valence-electron chi connectivity index (χ4n) is 2.57. The molecule has 1 amide bonds. The third kappa shape index (κ3) is 3.19. The van der Waals surface area contributed by atoms with E-state index in [0.717, 1.165) is 16.5 Å². The first kappa shape index (κ1) is 15.5. The van der Waals surface area contributed by atoms with E-state index in [1.54, 1.807) is 4.90 Å². The Labute approximate surface area is 138 Å². The molecule has 0 fully saturated rings. The molecule has 3 aromatic rings. The molecule has 1 N–H and O–H groups in total. The van der Waals surface area contributed by atoms with Crippen molar-refractivity contribution in [2.45, 2.75) is 20.4 Å². The number of aryl methyl sites for hydroxylation is 1. The molecule has 2 aromatic heterocycles. The summed E-state index contributed by atoms with van der Waals surface area (Å²) in [6.07, 6.45) is 0. The number of pyridine rings is 1. The highest BCUT2D eigenvalue weighted by Crippen LogP contribution is 2.16. The van der Waals surface area contributed by atoms with Gasteiger partial charge in [-0.2, -0.15) is 0 Å². The lowest BCUT2D eigenvalue weighted by Crippen LogP contribution is -2.32. The van der Waals surface area contributed by atoms with E-state index in [1.807, 2.05) is 55.6 Å². The average Bonchev–Trinajstić information content (AvgIpc) is 3.06. The van der Waals surface area contributed by atoms with E-state index in [2.05, 4.69) is 4.98 Å². The van der Waals surface area contributed by atoms with E-state index in [9.17, 15) is 9.59 Å². The molecule has 5 heteroatoms. The topological polar surface area (TPSA) is 53.2 Å². The number of rotatable bonds is 4. The number of amides is 1. The van der Waals surface area contributed by atoms with Gasteiger partial charge in [0.2, 0.25) is 0 Å². The second-order valence-corrected chi connectivity index (χ2v) is 6.46. The largest absolute Gasteiger partial charge is 0.334 e. The monoisotopic (exact) mass is 326 g/mol. The third-order valence-electron chi connectivity index (χ3n) is 3.84. The molecule has 0 spiro atoms. The van der Waals surface area contributed by atoms with Gasteiger partial charge in [0.15, 0.2) is 0 Å². The molecule has 0 aliphatic carbocycles. The quantitative estimate of drug-likeness (QED) is 0.797. The zero-order chi connectivity index (χ0) is 16.4. The van der Waals surface area contributed by atoms with Crippen molar-refractivity contribution in [3.8, 4) is 0 Å². The maximum Gasteiger partial charge on any atom is 0.264 e. The summed E-state index contributed by atoms with van der Waals surface area (Å²) in [6.45, 7) is 4.78. The van der Waals surface area contributed by atoms with Crippen LogP contribution >= 0.6 is 11.3 Å². The number of nitrogens with one attached hydrogen (secondary N) is 1. The first-order valence-corrected chi connectivity index (χ1v) is 8.42. The number of aromatic nitrogens is 1. The lowest BCUT2D eigenvalue weighted by molar-refractivity contribution is 0.0757. The molecule has 0 aliphatic rings. The summed E-state index contributed by atoms with van der Waals surface area (Å²) in [5, 5.41) is 2.86. The number of hydrogen-bond acceptors (Lipinski definition) is 3.